The fourth-order valence-electron chi connectivity index (χ4n) is 1.22. The molecule has 2 N–H and O–H groups in total. The van der Waals surface area contributed by atoms with Crippen molar-refractivity contribution in [3.05, 3.63) is 24.1 Å². The Hall–Kier alpha value is -1.54. The largest absolute Gasteiger partial charge is 0.356 e. The average molecular weight is 275 g/mol. The molecule has 0 bridgehead atoms. The molecule has 6 nitrogen and oxygen atoms in total. The zero-order valence-corrected chi connectivity index (χ0v) is 10.6. The third-order valence-electron chi connectivity index (χ3n) is 2.00. The van der Waals surface area contributed by atoms with E-state index in [9.17, 15) is 17.6 Å². The Morgan fingerprint density at radius 2 is 2.22 bits per heavy atom. The van der Waals surface area contributed by atoms with E-state index < -0.39 is 20.9 Å². The summed E-state index contributed by atoms with van der Waals surface area (Å²) in [7, 11) is -4.02. The van der Waals surface area contributed by atoms with Gasteiger partial charge in [0.25, 0.3) is 10.0 Å². The van der Waals surface area contributed by atoms with E-state index >= 15 is 0 Å². The third kappa shape index (κ3) is 4.04. The van der Waals surface area contributed by atoms with E-state index in [2.05, 4.69) is 15.0 Å². The summed E-state index contributed by atoms with van der Waals surface area (Å²) in [6, 6.07) is 2.30. The van der Waals surface area contributed by atoms with Crippen LogP contribution < -0.4 is 10.0 Å². The molecule has 1 aromatic rings. The molecular formula is C10H14FN3O3S. The highest BCUT2D eigenvalue weighted by Crippen LogP contribution is 2.09. The molecule has 0 aliphatic heterocycles. The summed E-state index contributed by atoms with van der Waals surface area (Å²) < 4.78 is 38.6. The second kappa shape index (κ2) is 6.41. The standard InChI is InChI=1S/C10H14FN3O3S/c1-2-12-9(15)5-7-14-18(16,17)10-8(11)4-3-6-13-10/h3-4,6,14H,2,5,7H2,1H3,(H,12,15). The van der Waals surface area contributed by atoms with Gasteiger partial charge < -0.3 is 5.32 Å². The van der Waals surface area contributed by atoms with Crippen molar-refractivity contribution in [1.82, 2.24) is 15.0 Å². The zero-order valence-electron chi connectivity index (χ0n) is 9.81. The number of pyridine rings is 1. The molecule has 0 fully saturated rings. The summed E-state index contributed by atoms with van der Waals surface area (Å²) in [5.41, 5.74) is 0. The van der Waals surface area contributed by atoms with Crippen LogP contribution in [0.3, 0.4) is 0 Å². The topological polar surface area (TPSA) is 88.2 Å². The van der Waals surface area contributed by atoms with Crippen molar-refractivity contribution in [2.45, 2.75) is 18.4 Å². The van der Waals surface area contributed by atoms with Crippen LogP contribution in [0, 0.1) is 5.82 Å². The maximum atomic E-state index is 13.2. The molecule has 0 aromatic carbocycles. The van der Waals surface area contributed by atoms with Gasteiger partial charge in [0.2, 0.25) is 10.9 Å². The smallest absolute Gasteiger partial charge is 0.261 e. The van der Waals surface area contributed by atoms with Crippen LogP contribution in [0.2, 0.25) is 0 Å². The molecule has 0 aliphatic carbocycles. The van der Waals surface area contributed by atoms with Crippen LogP contribution in [0.15, 0.2) is 23.4 Å². The van der Waals surface area contributed by atoms with Gasteiger partial charge in [0, 0.05) is 25.7 Å². The fourth-order valence-corrected chi connectivity index (χ4v) is 2.25. The van der Waals surface area contributed by atoms with Gasteiger partial charge in [0.1, 0.15) is 0 Å². The van der Waals surface area contributed by atoms with Gasteiger partial charge in [-0.05, 0) is 19.1 Å². The SMILES string of the molecule is CCNC(=O)CCNS(=O)(=O)c1ncccc1F. The third-order valence-corrected chi connectivity index (χ3v) is 3.39. The highest BCUT2D eigenvalue weighted by molar-refractivity contribution is 7.89. The van der Waals surface area contributed by atoms with E-state index in [0.29, 0.717) is 6.54 Å². The number of nitrogens with one attached hydrogen (secondary N) is 2. The summed E-state index contributed by atoms with van der Waals surface area (Å²) in [6.45, 7) is 2.12. The summed E-state index contributed by atoms with van der Waals surface area (Å²) in [6.07, 6.45) is 1.17. The molecule has 1 heterocycles. The quantitative estimate of drug-likeness (QED) is 0.766. The van der Waals surface area contributed by atoms with Gasteiger partial charge in [-0.2, -0.15) is 0 Å². The number of rotatable bonds is 6. The van der Waals surface area contributed by atoms with E-state index in [1.54, 1.807) is 6.92 Å². The van der Waals surface area contributed by atoms with Crippen molar-refractivity contribution < 1.29 is 17.6 Å². The molecule has 0 spiro atoms. The maximum absolute atomic E-state index is 13.2. The van der Waals surface area contributed by atoms with Gasteiger partial charge in [0.15, 0.2) is 5.82 Å². The number of aromatic nitrogens is 1. The van der Waals surface area contributed by atoms with Crippen molar-refractivity contribution in [2.24, 2.45) is 0 Å². The van der Waals surface area contributed by atoms with Crippen LogP contribution >= 0.6 is 0 Å². The van der Waals surface area contributed by atoms with Crippen LogP contribution in [-0.4, -0.2) is 32.4 Å². The number of hydrogen-bond donors (Lipinski definition) is 2. The highest BCUT2D eigenvalue weighted by Gasteiger charge is 2.19. The van der Waals surface area contributed by atoms with E-state index in [0.717, 1.165) is 6.07 Å². The molecule has 0 unspecified atom stereocenters. The van der Waals surface area contributed by atoms with E-state index in [-0.39, 0.29) is 18.9 Å². The Kier molecular flexibility index (Phi) is 5.17. The Morgan fingerprint density at radius 3 is 2.83 bits per heavy atom. The average Bonchev–Trinajstić information content (AvgIpc) is 2.29. The number of nitrogens with zero attached hydrogens (tertiary/aromatic N) is 1. The molecule has 1 amide bonds. The molecule has 0 saturated carbocycles. The lowest BCUT2D eigenvalue weighted by molar-refractivity contribution is -0.120. The van der Waals surface area contributed by atoms with Gasteiger partial charge >= 0.3 is 0 Å². The van der Waals surface area contributed by atoms with E-state index in [1.165, 1.54) is 12.3 Å². The Balaban J connectivity index is 2.61. The van der Waals surface area contributed by atoms with Crippen LogP contribution in [0.1, 0.15) is 13.3 Å². The molecule has 0 saturated heterocycles. The number of sulfonamides is 1. The van der Waals surface area contributed by atoms with Crippen molar-refractivity contribution in [1.29, 1.82) is 0 Å². The summed E-state index contributed by atoms with van der Waals surface area (Å²) >= 11 is 0. The Bertz CT molecular complexity index is 519. The second-order valence-electron chi connectivity index (χ2n) is 3.39. The van der Waals surface area contributed by atoms with Crippen molar-refractivity contribution >= 4 is 15.9 Å². The predicted molar refractivity (Wildman–Crippen MR) is 62.7 cm³/mol. The fraction of sp³-hybridized carbons (Fsp3) is 0.400. The lowest BCUT2D eigenvalue weighted by atomic mass is 10.4. The Morgan fingerprint density at radius 1 is 1.50 bits per heavy atom. The number of halogens is 1. The first-order valence-corrected chi connectivity index (χ1v) is 6.82. The van der Waals surface area contributed by atoms with Gasteiger partial charge in [-0.25, -0.2) is 22.5 Å². The number of hydrogen-bond acceptors (Lipinski definition) is 4. The predicted octanol–water partition coefficient (Wildman–Crippen LogP) is 0.0252. The molecule has 18 heavy (non-hydrogen) atoms. The number of amides is 1. The second-order valence-corrected chi connectivity index (χ2v) is 5.07. The molecule has 1 aromatic heterocycles. The number of carbonyl (C=O) groups is 1. The number of carbonyl (C=O) groups excluding carboxylic acids is 1. The van der Waals surface area contributed by atoms with Gasteiger partial charge in [0.05, 0.1) is 0 Å². The van der Waals surface area contributed by atoms with Gasteiger partial charge in [-0.15, -0.1) is 0 Å². The molecule has 1 rings (SSSR count). The molecule has 0 radical (unpaired) electrons. The first-order chi connectivity index (χ1) is 8.47. The van der Waals surface area contributed by atoms with Crippen LogP contribution in [0.25, 0.3) is 0 Å². The summed E-state index contributed by atoms with van der Waals surface area (Å²) in [5.74, 6) is -1.20. The molecule has 100 valence electrons. The van der Waals surface area contributed by atoms with E-state index in [4.69, 9.17) is 0 Å². The van der Waals surface area contributed by atoms with Crippen LogP contribution in [-0.2, 0) is 14.8 Å². The lowest BCUT2D eigenvalue weighted by Crippen LogP contribution is -2.31. The molecule has 8 heteroatoms. The minimum Gasteiger partial charge on any atom is -0.356 e. The maximum Gasteiger partial charge on any atom is 0.261 e. The molecule has 0 aliphatic rings. The van der Waals surface area contributed by atoms with Gasteiger partial charge in [-0.1, -0.05) is 0 Å². The molecular weight excluding hydrogens is 261 g/mol. The van der Waals surface area contributed by atoms with Crippen LogP contribution in [0.5, 0.6) is 0 Å². The monoisotopic (exact) mass is 275 g/mol. The van der Waals surface area contributed by atoms with Gasteiger partial charge in [-0.3, -0.25) is 4.79 Å². The summed E-state index contributed by atoms with van der Waals surface area (Å²) in [4.78, 5) is 14.6. The highest BCUT2D eigenvalue weighted by atomic mass is 32.2. The van der Waals surface area contributed by atoms with Crippen molar-refractivity contribution in [2.75, 3.05) is 13.1 Å². The zero-order chi connectivity index (χ0) is 13.6. The van der Waals surface area contributed by atoms with Crippen LogP contribution in [0.4, 0.5) is 4.39 Å². The van der Waals surface area contributed by atoms with E-state index in [1.807, 2.05) is 0 Å². The first-order valence-electron chi connectivity index (χ1n) is 5.34. The molecule has 0 atom stereocenters. The van der Waals surface area contributed by atoms with Crippen molar-refractivity contribution in [3.8, 4) is 0 Å². The minimum atomic E-state index is -4.02. The Labute approximate surface area is 105 Å². The minimum absolute atomic E-state index is 0.0124. The normalized spacial score (nSPS) is 11.2. The lowest BCUT2D eigenvalue weighted by Gasteiger charge is -2.06. The van der Waals surface area contributed by atoms with Crippen molar-refractivity contribution in [3.63, 3.8) is 0 Å². The first kappa shape index (κ1) is 14.5. The summed E-state index contributed by atoms with van der Waals surface area (Å²) in [5, 5.41) is 1.85.